The van der Waals surface area contributed by atoms with E-state index in [4.69, 9.17) is 0 Å². The number of carbonyl (C=O) groups excluding carboxylic acids is 1. The number of fused-ring (bicyclic) bond motifs is 2. The largest absolute Gasteiger partial charge is 0.348 e. The summed E-state index contributed by atoms with van der Waals surface area (Å²) in [4.78, 5) is 16.7. The predicted octanol–water partition coefficient (Wildman–Crippen LogP) is 2.35. The summed E-state index contributed by atoms with van der Waals surface area (Å²) >= 11 is 1.60. The van der Waals surface area contributed by atoms with Crippen LogP contribution in [-0.4, -0.2) is 29.0 Å². The van der Waals surface area contributed by atoms with E-state index in [0.717, 1.165) is 24.3 Å². The van der Waals surface area contributed by atoms with E-state index in [9.17, 15) is 4.79 Å². The Bertz CT molecular complexity index is 473. The standard InChI is InChI=1S/C15H23N3OS/c1-9(2)5-14-18-13(8-20-14)15(19)17-12-6-10-3-4-11(7-12)16-10/h8-12,16H,3-7H2,1-2H3,(H,17,19). The Balaban J connectivity index is 1.57. The lowest BCUT2D eigenvalue weighted by atomic mass is 10.00. The first-order chi connectivity index (χ1) is 9.60. The molecule has 0 saturated carbocycles. The van der Waals surface area contributed by atoms with Crippen LogP contribution in [0.3, 0.4) is 0 Å². The van der Waals surface area contributed by atoms with Crippen molar-refractivity contribution in [3.63, 3.8) is 0 Å². The molecule has 4 nitrogen and oxygen atoms in total. The second kappa shape index (κ2) is 5.82. The third-order valence-electron chi connectivity index (χ3n) is 4.18. The predicted molar refractivity (Wildman–Crippen MR) is 81.1 cm³/mol. The van der Waals surface area contributed by atoms with Crippen LogP contribution in [0.1, 0.15) is 55.0 Å². The van der Waals surface area contributed by atoms with Gasteiger partial charge >= 0.3 is 0 Å². The van der Waals surface area contributed by atoms with Gasteiger partial charge in [-0.15, -0.1) is 11.3 Å². The van der Waals surface area contributed by atoms with Crippen molar-refractivity contribution in [2.75, 3.05) is 0 Å². The van der Waals surface area contributed by atoms with Gasteiger partial charge in [0.25, 0.3) is 5.91 Å². The van der Waals surface area contributed by atoms with Gasteiger partial charge in [-0.25, -0.2) is 4.98 Å². The van der Waals surface area contributed by atoms with E-state index in [1.807, 2.05) is 5.38 Å². The Morgan fingerprint density at radius 2 is 2.15 bits per heavy atom. The van der Waals surface area contributed by atoms with Gasteiger partial charge in [0, 0.05) is 29.9 Å². The summed E-state index contributed by atoms with van der Waals surface area (Å²) in [6.45, 7) is 4.35. The maximum absolute atomic E-state index is 12.3. The molecule has 1 amide bonds. The average molecular weight is 293 g/mol. The van der Waals surface area contributed by atoms with Crippen LogP contribution in [0.15, 0.2) is 5.38 Å². The molecule has 3 rings (SSSR count). The topological polar surface area (TPSA) is 54.0 Å². The quantitative estimate of drug-likeness (QED) is 0.896. The molecule has 2 unspecified atom stereocenters. The highest BCUT2D eigenvalue weighted by atomic mass is 32.1. The molecule has 2 atom stereocenters. The third kappa shape index (κ3) is 3.20. The molecule has 20 heavy (non-hydrogen) atoms. The molecule has 3 heterocycles. The number of rotatable bonds is 4. The number of hydrogen-bond acceptors (Lipinski definition) is 4. The van der Waals surface area contributed by atoms with Crippen LogP contribution < -0.4 is 10.6 Å². The zero-order chi connectivity index (χ0) is 14.1. The van der Waals surface area contributed by atoms with Crippen LogP contribution in [0.4, 0.5) is 0 Å². The molecule has 0 spiro atoms. The molecule has 2 aliphatic heterocycles. The van der Waals surface area contributed by atoms with Gasteiger partial charge in [-0.3, -0.25) is 4.79 Å². The minimum Gasteiger partial charge on any atom is -0.348 e. The van der Waals surface area contributed by atoms with Crippen LogP contribution in [0.2, 0.25) is 0 Å². The highest BCUT2D eigenvalue weighted by molar-refractivity contribution is 7.09. The fraction of sp³-hybridized carbons (Fsp3) is 0.733. The van der Waals surface area contributed by atoms with Crippen molar-refractivity contribution >= 4 is 17.2 Å². The number of thiazole rings is 1. The second-order valence-corrected chi connectivity index (χ2v) is 7.45. The molecule has 1 aromatic heterocycles. The van der Waals surface area contributed by atoms with Crippen LogP contribution in [0.5, 0.6) is 0 Å². The van der Waals surface area contributed by atoms with Crippen LogP contribution >= 0.6 is 11.3 Å². The third-order valence-corrected chi connectivity index (χ3v) is 5.05. The van der Waals surface area contributed by atoms with Crippen molar-refractivity contribution in [1.29, 1.82) is 0 Å². The molecule has 0 aromatic carbocycles. The molecule has 1 aromatic rings. The maximum Gasteiger partial charge on any atom is 0.270 e. The summed E-state index contributed by atoms with van der Waals surface area (Å²) < 4.78 is 0. The van der Waals surface area contributed by atoms with Gasteiger partial charge in [0.2, 0.25) is 0 Å². The number of amides is 1. The van der Waals surface area contributed by atoms with Crippen LogP contribution in [0, 0.1) is 5.92 Å². The Morgan fingerprint density at radius 3 is 2.80 bits per heavy atom. The Kier molecular flexibility index (Phi) is 4.08. The lowest BCUT2D eigenvalue weighted by Crippen LogP contribution is -2.48. The zero-order valence-electron chi connectivity index (χ0n) is 12.2. The molecule has 2 fully saturated rings. The molecule has 2 N–H and O–H groups in total. The van der Waals surface area contributed by atoms with Crippen molar-refractivity contribution in [1.82, 2.24) is 15.6 Å². The number of hydrogen-bond donors (Lipinski definition) is 2. The molecule has 0 radical (unpaired) electrons. The normalized spacial score (nSPS) is 28.9. The minimum absolute atomic E-state index is 0.00237. The van der Waals surface area contributed by atoms with E-state index < -0.39 is 0 Å². The van der Waals surface area contributed by atoms with Gasteiger partial charge in [0.1, 0.15) is 5.69 Å². The van der Waals surface area contributed by atoms with E-state index in [1.165, 1.54) is 12.8 Å². The number of piperidine rings is 1. The smallest absolute Gasteiger partial charge is 0.270 e. The molecule has 2 bridgehead atoms. The van der Waals surface area contributed by atoms with E-state index in [-0.39, 0.29) is 5.91 Å². The van der Waals surface area contributed by atoms with Crippen molar-refractivity contribution in [3.05, 3.63) is 16.1 Å². The summed E-state index contributed by atoms with van der Waals surface area (Å²) in [6.07, 6.45) is 5.59. The van der Waals surface area contributed by atoms with E-state index >= 15 is 0 Å². The molecule has 5 heteroatoms. The molecule has 110 valence electrons. The molecule has 2 saturated heterocycles. The first-order valence-electron chi connectivity index (χ1n) is 7.61. The van der Waals surface area contributed by atoms with E-state index in [2.05, 4.69) is 29.5 Å². The number of nitrogens with one attached hydrogen (secondary N) is 2. The van der Waals surface area contributed by atoms with Gasteiger partial charge in [0.05, 0.1) is 5.01 Å². The van der Waals surface area contributed by atoms with Crippen LogP contribution in [0.25, 0.3) is 0 Å². The van der Waals surface area contributed by atoms with Gasteiger partial charge in [-0.05, 0) is 31.6 Å². The molecular weight excluding hydrogens is 270 g/mol. The van der Waals surface area contributed by atoms with Gasteiger partial charge in [-0.1, -0.05) is 13.8 Å². The fourth-order valence-electron chi connectivity index (χ4n) is 3.29. The van der Waals surface area contributed by atoms with Crippen LogP contribution in [-0.2, 0) is 6.42 Å². The number of nitrogens with zero attached hydrogens (tertiary/aromatic N) is 1. The highest BCUT2D eigenvalue weighted by Gasteiger charge is 2.34. The average Bonchev–Trinajstić information content (AvgIpc) is 2.96. The van der Waals surface area contributed by atoms with Gasteiger partial charge in [0.15, 0.2) is 0 Å². The maximum atomic E-state index is 12.3. The molecular formula is C15H23N3OS. The van der Waals surface area contributed by atoms with Crippen molar-refractivity contribution in [2.24, 2.45) is 5.92 Å². The fourth-order valence-corrected chi connectivity index (χ4v) is 4.28. The van der Waals surface area contributed by atoms with Gasteiger partial charge < -0.3 is 10.6 Å². The lowest BCUT2D eigenvalue weighted by Gasteiger charge is -2.29. The minimum atomic E-state index is 0.00237. The Labute approximate surface area is 124 Å². The SMILES string of the molecule is CC(C)Cc1nc(C(=O)NC2CC3CCC(C2)N3)cs1. The van der Waals surface area contributed by atoms with E-state index in [0.29, 0.717) is 29.7 Å². The monoisotopic (exact) mass is 293 g/mol. The zero-order valence-corrected chi connectivity index (χ0v) is 13.0. The van der Waals surface area contributed by atoms with E-state index in [1.54, 1.807) is 11.3 Å². The molecule has 0 aliphatic carbocycles. The van der Waals surface area contributed by atoms with Crippen molar-refractivity contribution in [2.45, 2.75) is 64.1 Å². The summed E-state index contributed by atoms with van der Waals surface area (Å²) in [7, 11) is 0. The summed E-state index contributed by atoms with van der Waals surface area (Å²) in [6, 6.07) is 1.52. The highest BCUT2D eigenvalue weighted by Crippen LogP contribution is 2.27. The summed E-state index contributed by atoms with van der Waals surface area (Å²) in [5, 5.41) is 9.72. The van der Waals surface area contributed by atoms with Crippen molar-refractivity contribution < 1.29 is 4.79 Å². The van der Waals surface area contributed by atoms with Crippen molar-refractivity contribution in [3.8, 4) is 0 Å². The second-order valence-electron chi connectivity index (χ2n) is 6.50. The summed E-state index contributed by atoms with van der Waals surface area (Å²) in [5.41, 5.74) is 0.594. The number of carbonyl (C=O) groups is 1. The molecule has 2 aliphatic rings. The Morgan fingerprint density at radius 1 is 1.45 bits per heavy atom. The first-order valence-corrected chi connectivity index (χ1v) is 8.49. The Hall–Kier alpha value is -0.940. The number of aromatic nitrogens is 1. The summed E-state index contributed by atoms with van der Waals surface area (Å²) in [5.74, 6) is 0.583. The first kappa shape index (κ1) is 14.0. The lowest BCUT2D eigenvalue weighted by molar-refractivity contribution is 0.0919. The van der Waals surface area contributed by atoms with Gasteiger partial charge in [-0.2, -0.15) is 0 Å².